The Hall–Kier alpha value is -1.23. The van der Waals surface area contributed by atoms with E-state index in [0.29, 0.717) is 0 Å². The van der Waals surface area contributed by atoms with E-state index in [2.05, 4.69) is 4.90 Å². The molecule has 0 spiro atoms. The first kappa shape index (κ1) is 12.2. The van der Waals surface area contributed by atoms with Crippen molar-refractivity contribution in [1.82, 2.24) is 0 Å². The molecule has 1 aromatic rings. The van der Waals surface area contributed by atoms with E-state index in [1.807, 2.05) is 7.05 Å². The predicted octanol–water partition coefficient (Wildman–Crippen LogP) is 2.63. The highest BCUT2D eigenvalue weighted by Gasteiger charge is 2.38. The third-order valence-corrected chi connectivity index (χ3v) is 3.17. The topological polar surface area (TPSA) is 29.3 Å². The van der Waals surface area contributed by atoms with Gasteiger partial charge in [-0.25, -0.2) is 0 Å². The van der Waals surface area contributed by atoms with Crippen LogP contribution in [0.2, 0.25) is 0 Å². The number of halogens is 3. The molecule has 1 atom stereocenters. The molecule has 0 bridgehead atoms. The number of aryl methyl sites for hydroxylation is 1. The minimum absolute atomic E-state index is 0.145. The summed E-state index contributed by atoms with van der Waals surface area (Å²) in [5.74, 6) is 0. The molecule has 0 aromatic heterocycles. The zero-order chi connectivity index (χ0) is 12.6. The molecule has 2 nitrogen and oxygen atoms in total. The second-order valence-corrected chi connectivity index (χ2v) is 4.43. The van der Waals surface area contributed by atoms with Crippen LogP contribution in [-0.2, 0) is 6.42 Å². The first-order valence-electron chi connectivity index (χ1n) is 5.56. The SMILES string of the molecule is CN1CCCc2cc([C@H](N)C(F)(F)F)ccc21. The summed E-state index contributed by atoms with van der Waals surface area (Å²) in [6.07, 6.45) is -2.60. The van der Waals surface area contributed by atoms with Gasteiger partial charge in [-0.05, 0) is 30.0 Å². The molecule has 0 fully saturated rings. The molecule has 0 amide bonds. The highest BCUT2D eigenvalue weighted by atomic mass is 19.4. The quantitative estimate of drug-likeness (QED) is 0.822. The van der Waals surface area contributed by atoms with Crippen LogP contribution in [0, 0.1) is 0 Å². The largest absolute Gasteiger partial charge is 0.407 e. The molecule has 0 radical (unpaired) electrons. The first-order valence-corrected chi connectivity index (χ1v) is 5.56. The Morgan fingerprint density at radius 1 is 1.35 bits per heavy atom. The molecule has 17 heavy (non-hydrogen) atoms. The monoisotopic (exact) mass is 244 g/mol. The van der Waals surface area contributed by atoms with Gasteiger partial charge in [0.2, 0.25) is 0 Å². The third kappa shape index (κ3) is 2.39. The summed E-state index contributed by atoms with van der Waals surface area (Å²) < 4.78 is 37.5. The lowest BCUT2D eigenvalue weighted by Gasteiger charge is -2.28. The van der Waals surface area contributed by atoms with Gasteiger partial charge in [0.25, 0.3) is 0 Å². The lowest BCUT2D eigenvalue weighted by Crippen LogP contribution is -2.29. The van der Waals surface area contributed by atoms with Gasteiger partial charge in [0.1, 0.15) is 6.04 Å². The van der Waals surface area contributed by atoms with Crippen molar-refractivity contribution in [2.24, 2.45) is 5.73 Å². The van der Waals surface area contributed by atoms with Gasteiger partial charge in [-0.15, -0.1) is 0 Å². The van der Waals surface area contributed by atoms with Crippen molar-refractivity contribution in [2.45, 2.75) is 25.1 Å². The fourth-order valence-electron chi connectivity index (χ4n) is 2.19. The van der Waals surface area contributed by atoms with Crippen LogP contribution in [0.4, 0.5) is 18.9 Å². The highest BCUT2D eigenvalue weighted by molar-refractivity contribution is 5.56. The molecule has 94 valence electrons. The number of rotatable bonds is 1. The summed E-state index contributed by atoms with van der Waals surface area (Å²) in [6.45, 7) is 0.942. The zero-order valence-electron chi connectivity index (χ0n) is 9.59. The molecular formula is C12H15F3N2. The molecule has 0 aliphatic carbocycles. The smallest absolute Gasteiger partial charge is 0.374 e. The number of nitrogens with zero attached hydrogens (tertiary/aromatic N) is 1. The van der Waals surface area contributed by atoms with Gasteiger partial charge in [-0.2, -0.15) is 13.2 Å². The van der Waals surface area contributed by atoms with Crippen molar-refractivity contribution in [3.63, 3.8) is 0 Å². The van der Waals surface area contributed by atoms with Crippen molar-refractivity contribution in [2.75, 3.05) is 18.5 Å². The number of benzene rings is 1. The molecule has 0 saturated heterocycles. The maximum absolute atomic E-state index is 12.5. The van der Waals surface area contributed by atoms with Gasteiger partial charge in [0.05, 0.1) is 0 Å². The predicted molar refractivity (Wildman–Crippen MR) is 61.0 cm³/mol. The molecule has 2 N–H and O–H groups in total. The average Bonchev–Trinajstić information content (AvgIpc) is 2.26. The summed E-state index contributed by atoms with van der Waals surface area (Å²) >= 11 is 0. The Labute approximate surface area is 98.2 Å². The summed E-state index contributed by atoms with van der Waals surface area (Å²) in [5, 5.41) is 0. The van der Waals surface area contributed by atoms with Crippen LogP contribution in [0.1, 0.15) is 23.6 Å². The number of alkyl halides is 3. The molecule has 2 rings (SSSR count). The second kappa shape index (κ2) is 4.22. The van der Waals surface area contributed by atoms with Crippen LogP contribution in [-0.4, -0.2) is 19.8 Å². The van der Waals surface area contributed by atoms with E-state index < -0.39 is 12.2 Å². The lowest BCUT2D eigenvalue weighted by atomic mass is 9.97. The van der Waals surface area contributed by atoms with E-state index in [1.165, 1.54) is 6.07 Å². The Morgan fingerprint density at radius 3 is 2.71 bits per heavy atom. The third-order valence-electron chi connectivity index (χ3n) is 3.17. The van der Waals surface area contributed by atoms with Gasteiger partial charge in [-0.3, -0.25) is 0 Å². The number of nitrogens with two attached hydrogens (primary N) is 1. The molecule has 1 heterocycles. The van der Waals surface area contributed by atoms with Crippen LogP contribution < -0.4 is 10.6 Å². The van der Waals surface area contributed by atoms with Gasteiger partial charge in [-0.1, -0.05) is 12.1 Å². The van der Waals surface area contributed by atoms with Crippen molar-refractivity contribution < 1.29 is 13.2 Å². The van der Waals surface area contributed by atoms with Gasteiger partial charge in [0, 0.05) is 19.3 Å². The summed E-state index contributed by atoms with van der Waals surface area (Å²) in [7, 11) is 1.95. The Morgan fingerprint density at radius 2 is 2.06 bits per heavy atom. The van der Waals surface area contributed by atoms with Crippen LogP contribution in [0.15, 0.2) is 18.2 Å². The van der Waals surface area contributed by atoms with Crippen LogP contribution >= 0.6 is 0 Å². The lowest BCUT2D eigenvalue weighted by molar-refractivity contribution is -0.149. The number of fused-ring (bicyclic) bond motifs is 1. The molecule has 5 heteroatoms. The molecule has 1 aliphatic rings. The Bertz CT molecular complexity index is 415. The van der Waals surface area contributed by atoms with Gasteiger partial charge in [0.15, 0.2) is 0 Å². The maximum Gasteiger partial charge on any atom is 0.407 e. The Kier molecular flexibility index (Phi) is 3.03. The summed E-state index contributed by atoms with van der Waals surface area (Å²) in [6, 6.07) is 2.90. The minimum atomic E-state index is -4.38. The van der Waals surface area contributed by atoms with E-state index in [4.69, 9.17) is 5.73 Å². The first-order chi connectivity index (χ1) is 7.89. The highest BCUT2D eigenvalue weighted by Crippen LogP contribution is 2.34. The van der Waals surface area contributed by atoms with Gasteiger partial charge >= 0.3 is 6.18 Å². The molecule has 1 aliphatic heterocycles. The zero-order valence-corrected chi connectivity index (χ0v) is 9.59. The van der Waals surface area contributed by atoms with Crippen molar-refractivity contribution >= 4 is 5.69 Å². The van der Waals surface area contributed by atoms with E-state index in [0.717, 1.165) is 30.6 Å². The molecule has 0 saturated carbocycles. The van der Waals surface area contributed by atoms with Crippen LogP contribution in [0.3, 0.4) is 0 Å². The van der Waals surface area contributed by atoms with Crippen LogP contribution in [0.25, 0.3) is 0 Å². The normalized spacial score (nSPS) is 17.8. The van der Waals surface area contributed by atoms with Crippen molar-refractivity contribution in [1.29, 1.82) is 0 Å². The average molecular weight is 244 g/mol. The van der Waals surface area contributed by atoms with Crippen LogP contribution in [0.5, 0.6) is 0 Å². The molecule has 1 aromatic carbocycles. The van der Waals surface area contributed by atoms with Gasteiger partial charge < -0.3 is 10.6 Å². The summed E-state index contributed by atoms with van der Waals surface area (Å²) in [4.78, 5) is 2.06. The number of hydrogen-bond donors (Lipinski definition) is 1. The second-order valence-electron chi connectivity index (χ2n) is 4.43. The van der Waals surface area contributed by atoms with E-state index in [1.54, 1.807) is 12.1 Å². The Balaban J connectivity index is 2.34. The van der Waals surface area contributed by atoms with E-state index >= 15 is 0 Å². The molecule has 0 unspecified atom stereocenters. The maximum atomic E-state index is 12.5. The fraction of sp³-hybridized carbons (Fsp3) is 0.500. The van der Waals surface area contributed by atoms with E-state index in [-0.39, 0.29) is 5.56 Å². The fourth-order valence-corrected chi connectivity index (χ4v) is 2.19. The van der Waals surface area contributed by atoms with Crippen molar-refractivity contribution in [3.8, 4) is 0 Å². The summed E-state index contributed by atoms with van der Waals surface area (Å²) in [5.41, 5.74) is 7.31. The van der Waals surface area contributed by atoms with E-state index in [9.17, 15) is 13.2 Å². The number of hydrogen-bond acceptors (Lipinski definition) is 2. The minimum Gasteiger partial charge on any atom is -0.374 e. The standard InChI is InChI=1S/C12H15F3N2/c1-17-6-2-3-8-7-9(4-5-10(8)17)11(16)12(13,14)15/h4-5,7,11H,2-3,6,16H2,1H3/t11-/m0/s1. The number of anilines is 1. The molecular weight excluding hydrogens is 229 g/mol. The van der Waals surface area contributed by atoms with Crippen molar-refractivity contribution in [3.05, 3.63) is 29.3 Å².